The van der Waals surface area contributed by atoms with Gasteiger partial charge in [0.1, 0.15) is 5.82 Å². The second-order valence-electron chi connectivity index (χ2n) is 5.09. The molecule has 3 atom stereocenters. The van der Waals surface area contributed by atoms with Crippen LogP contribution >= 0.6 is 0 Å². The van der Waals surface area contributed by atoms with Gasteiger partial charge in [-0.15, -0.1) is 0 Å². The number of benzene rings is 1. The molecule has 0 aliphatic carbocycles. The van der Waals surface area contributed by atoms with Crippen molar-refractivity contribution >= 4 is 5.69 Å². The Kier molecular flexibility index (Phi) is 3.22. The average Bonchev–Trinajstić information content (AvgIpc) is 2.86. The number of rotatable bonds is 3. The molecule has 0 unspecified atom stereocenters. The lowest BCUT2D eigenvalue weighted by Gasteiger charge is -2.36. The maximum atomic E-state index is 13.3. The van der Waals surface area contributed by atoms with Gasteiger partial charge in [0.25, 0.3) is 0 Å². The number of ether oxygens (including phenoxy) is 1. The summed E-state index contributed by atoms with van der Waals surface area (Å²) >= 11 is 0. The van der Waals surface area contributed by atoms with E-state index in [2.05, 4.69) is 5.32 Å². The molecule has 2 aliphatic heterocycles. The van der Waals surface area contributed by atoms with Crippen LogP contribution in [0.25, 0.3) is 0 Å². The minimum atomic E-state index is -0.210. The first-order valence-electron chi connectivity index (χ1n) is 6.58. The molecule has 0 spiro atoms. The summed E-state index contributed by atoms with van der Waals surface area (Å²) < 4.78 is 19.1. The van der Waals surface area contributed by atoms with Crippen molar-refractivity contribution in [2.24, 2.45) is 5.92 Å². The molecule has 3 rings (SSSR count). The fourth-order valence-corrected chi connectivity index (χ4v) is 3.14. The normalized spacial score (nSPS) is 29.6. The number of halogens is 1. The molecule has 0 radical (unpaired) electrons. The van der Waals surface area contributed by atoms with Gasteiger partial charge in [0.2, 0.25) is 0 Å². The molecule has 0 amide bonds. The number of aliphatic hydroxyl groups excluding tert-OH is 1. The van der Waals surface area contributed by atoms with E-state index >= 15 is 0 Å². The van der Waals surface area contributed by atoms with Crippen LogP contribution in [0, 0.1) is 11.7 Å². The molecule has 3 nitrogen and oxygen atoms in total. The quantitative estimate of drug-likeness (QED) is 0.867. The van der Waals surface area contributed by atoms with Crippen molar-refractivity contribution in [1.82, 2.24) is 0 Å². The summed E-state index contributed by atoms with van der Waals surface area (Å²) in [5.41, 5.74) is 1.92. The predicted octanol–water partition coefficient (Wildman–Crippen LogP) is 2.47. The number of hydrogen-bond donors (Lipinski definition) is 2. The Hall–Kier alpha value is -1.13. The molecular weight excluding hydrogens is 233 g/mol. The zero-order valence-electron chi connectivity index (χ0n) is 10.2. The first-order chi connectivity index (χ1) is 8.79. The molecule has 98 valence electrons. The van der Waals surface area contributed by atoms with Crippen LogP contribution in [0.2, 0.25) is 0 Å². The summed E-state index contributed by atoms with van der Waals surface area (Å²) in [5.74, 6) is 0.185. The molecule has 1 fully saturated rings. The number of nitrogens with one attached hydrogen (secondary N) is 1. The first kappa shape index (κ1) is 11.9. The van der Waals surface area contributed by atoms with Gasteiger partial charge in [-0.1, -0.05) is 0 Å². The molecule has 1 aromatic carbocycles. The van der Waals surface area contributed by atoms with Crippen molar-refractivity contribution in [2.75, 3.05) is 18.5 Å². The largest absolute Gasteiger partial charge is 0.396 e. The van der Waals surface area contributed by atoms with E-state index in [1.165, 1.54) is 6.07 Å². The van der Waals surface area contributed by atoms with Gasteiger partial charge < -0.3 is 15.2 Å². The van der Waals surface area contributed by atoms with E-state index in [1.807, 2.05) is 0 Å². The Morgan fingerprint density at radius 2 is 2.33 bits per heavy atom. The number of fused-ring (bicyclic) bond motifs is 3. The van der Waals surface area contributed by atoms with Crippen LogP contribution in [-0.2, 0) is 4.74 Å². The minimum absolute atomic E-state index is 0.0145. The van der Waals surface area contributed by atoms with Gasteiger partial charge >= 0.3 is 0 Å². The lowest BCUT2D eigenvalue weighted by Crippen LogP contribution is -2.36. The van der Waals surface area contributed by atoms with Gasteiger partial charge in [-0.25, -0.2) is 4.39 Å². The SMILES string of the molecule is OCCC[C@@H]1Nc2ccc(F)cc2[C@H]2OCC[C@@H]12. The zero-order valence-corrected chi connectivity index (χ0v) is 10.2. The van der Waals surface area contributed by atoms with Gasteiger partial charge in [-0.05, 0) is 37.5 Å². The van der Waals surface area contributed by atoms with E-state index in [0.29, 0.717) is 12.0 Å². The van der Waals surface area contributed by atoms with E-state index in [-0.39, 0.29) is 18.5 Å². The zero-order chi connectivity index (χ0) is 12.5. The van der Waals surface area contributed by atoms with Crippen molar-refractivity contribution in [2.45, 2.75) is 31.4 Å². The predicted molar refractivity (Wildman–Crippen MR) is 66.9 cm³/mol. The maximum Gasteiger partial charge on any atom is 0.123 e. The molecule has 0 saturated carbocycles. The molecular formula is C14H18FNO2. The molecule has 2 heterocycles. The van der Waals surface area contributed by atoms with Gasteiger partial charge in [0.05, 0.1) is 6.10 Å². The van der Waals surface area contributed by atoms with E-state index in [4.69, 9.17) is 9.84 Å². The summed E-state index contributed by atoms with van der Waals surface area (Å²) in [6, 6.07) is 5.16. The van der Waals surface area contributed by atoms with Crippen LogP contribution in [-0.4, -0.2) is 24.4 Å². The van der Waals surface area contributed by atoms with E-state index in [9.17, 15) is 4.39 Å². The lowest BCUT2D eigenvalue weighted by molar-refractivity contribution is 0.0810. The molecule has 2 N–H and O–H groups in total. The third kappa shape index (κ3) is 1.99. The highest BCUT2D eigenvalue weighted by molar-refractivity contribution is 5.56. The third-order valence-electron chi connectivity index (χ3n) is 3.99. The number of hydrogen-bond acceptors (Lipinski definition) is 3. The van der Waals surface area contributed by atoms with Crippen LogP contribution < -0.4 is 5.32 Å². The Bertz CT molecular complexity index is 438. The first-order valence-corrected chi connectivity index (χ1v) is 6.58. The number of aliphatic hydroxyl groups is 1. The van der Waals surface area contributed by atoms with Crippen LogP contribution in [0.4, 0.5) is 10.1 Å². The lowest BCUT2D eigenvalue weighted by atomic mass is 9.82. The van der Waals surface area contributed by atoms with Crippen LogP contribution in [0.1, 0.15) is 30.9 Å². The van der Waals surface area contributed by atoms with Crippen molar-refractivity contribution in [3.63, 3.8) is 0 Å². The fraction of sp³-hybridized carbons (Fsp3) is 0.571. The van der Waals surface area contributed by atoms with Crippen molar-refractivity contribution in [1.29, 1.82) is 0 Å². The summed E-state index contributed by atoms with van der Waals surface area (Å²) in [6.07, 6.45) is 2.74. The van der Waals surface area contributed by atoms with E-state index < -0.39 is 0 Å². The minimum Gasteiger partial charge on any atom is -0.396 e. The highest BCUT2D eigenvalue weighted by Gasteiger charge is 2.40. The molecule has 0 aromatic heterocycles. The average molecular weight is 251 g/mol. The third-order valence-corrected chi connectivity index (χ3v) is 3.99. The molecule has 1 aromatic rings. The summed E-state index contributed by atoms with van der Waals surface area (Å²) in [5, 5.41) is 12.4. The summed E-state index contributed by atoms with van der Waals surface area (Å²) in [6.45, 7) is 0.954. The topological polar surface area (TPSA) is 41.5 Å². The second kappa shape index (κ2) is 4.86. The van der Waals surface area contributed by atoms with Crippen molar-refractivity contribution in [3.8, 4) is 0 Å². The molecule has 1 saturated heterocycles. The fourth-order valence-electron chi connectivity index (χ4n) is 3.14. The highest BCUT2D eigenvalue weighted by atomic mass is 19.1. The molecule has 0 bridgehead atoms. The van der Waals surface area contributed by atoms with Crippen molar-refractivity contribution in [3.05, 3.63) is 29.6 Å². The van der Waals surface area contributed by atoms with Gasteiger partial charge in [-0.2, -0.15) is 0 Å². The van der Waals surface area contributed by atoms with Gasteiger partial charge in [0.15, 0.2) is 0 Å². The van der Waals surface area contributed by atoms with Crippen LogP contribution in [0.15, 0.2) is 18.2 Å². The van der Waals surface area contributed by atoms with E-state index in [0.717, 1.165) is 37.1 Å². The molecule has 2 aliphatic rings. The summed E-state index contributed by atoms with van der Waals surface area (Å²) in [4.78, 5) is 0. The monoisotopic (exact) mass is 251 g/mol. The highest BCUT2D eigenvalue weighted by Crippen LogP contribution is 2.45. The Balaban J connectivity index is 1.89. The maximum absolute atomic E-state index is 13.3. The Labute approximate surface area is 106 Å². The van der Waals surface area contributed by atoms with Crippen LogP contribution in [0.5, 0.6) is 0 Å². The Morgan fingerprint density at radius 1 is 1.44 bits per heavy atom. The summed E-state index contributed by atoms with van der Waals surface area (Å²) in [7, 11) is 0. The second-order valence-corrected chi connectivity index (χ2v) is 5.09. The molecule has 4 heteroatoms. The van der Waals surface area contributed by atoms with Crippen molar-refractivity contribution < 1.29 is 14.2 Å². The number of anilines is 1. The molecule has 18 heavy (non-hydrogen) atoms. The smallest absolute Gasteiger partial charge is 0.123 e. The van der Waals surface area contributed by atoms with Gasteiger partial charge in [-0.3, -0.25) is 0 Å². The Morgan fingerprint density at radius 3 is 3.17 bits per heavy atom. The van der Waals surface area contributed by atoms with Gasteiger partial charge in [0, 0.05) is 36.4 Å². The van der Waals surface area contributed by atoms with Crippen LogP contribution in [0.3, 0.4) is 0 Å². The van der Waals surface area contributed by atoms with E-state index in [1.54, 1.807) is 12.1 Å². The standard InChI is InChI=1S/C14H18FNO2/c15-9-3-4-13-11(8-9)14-10(5-7-18-14)12(16-13)2-1-6-17/h3-4,8,10,12,14,16-17H,1-2,5-7H2/t10-,12-,14-/m0/s1.